The van der Waals surface area contributed by atoms with Gasteiger partial charge in [0.25, 0.3) is 0 Å². The summed E-state index contributed by atoms with van der Waals surface area (Å²) in [5.41, 5.74) is 0.209. The van der Waals surface area contributed by atoms with Gasteiger partial charge in [-0.25, -0.2) is 28.5 Å². The number of carbonyl (C=O) groups excluding carboxylic acids is 1. The standard InChI is InChI=1S/C26H27F2N7O3S.C2HF3O2/c1-3-35(2)39(37,38)34-21-5-4-20(27)22(23(21)28)24(36)19-14-33-26-18(19)10-16(11-32-26)17-12-30-25(31-13-17)15-6-8-29-9-7-15;3-2(4,5)1(6)7/h4-5,10-15,29,34H,3,6-9H2,1-2H3,(H,32,33);(H,6,7). The first-order chi connectivity index (χ1) is 21.6. The van der Waals surface area contributed by atoms with Gasteiger partial charge in [0.15, 0.2) is 5.82 Å². The minimum atomic E-state index is -5.08. The molecule has 0 radical (unpaired) electrons. The number of rotatable bonds is 8. The van der Waals surface area contributed by atoms with Gasteiger partial charge in [-0.3, -0.25) is 9.52 Å². The lowest BCUT2D eigenvalue weighted by molar-refractivity contribution is -0.192. The van der Waals surface area contributed by atoms with Crippen molar-refractivity contribution in [2.75, 3.05) is 31.4 Å². The topological polar surface area (TPSA) is 170 Å². The number of alkyl halides is 3. The zero-order valence-electron chi connectivity index (χ0n) is 24.3. The van der Waals surface area contributed by atoms with Crippen molar-refractivity contribution in [3.63, 3.8) is 0 Å². The number of halogens is 5. The number of aromatic nitrogens is 4. The van der Waals surface area contributed by atoms with Gasteiger partial charge in [-0.05, 0) is 44.1 Å². The molecule has 0 amide bonds. The quantitative estimate of drug-likeness (QED) is 0.158. The summed E-state index contributed by atoms with van der Waals surface area (Å²) in [5, 5.41) is 10.8. The van der Waals surface area contributed by atoms with Crippen molar-refractivity contribution >= 4 is 38.7 Å². The smallest absolute Gasteiger partial charge is 0.475 e. The molecule has 5 rings (SSSR count). The van der Waals surface area contributed by atoms with Gasteiger partial charge < -0.3 is 15.4 Å². The molecule has 1 aliphatic heterocycles. The predicted molar refractivity (Wildman–Crippen MR) is 156 cm³/mol. The Kier molecular flexibility index (Phi) is 10.3. The molecule has 1 aliphatic rings. The lowest BCUT2D eigenvalue weighted by Crippen LogP contribution is -2.32. The number of aromatic amines is 1. The summed E-state index contributed by atoms with van der Waals surface area (Å²) in [7, 11) is -2.79. The van der Waals surface area contributed by atoms with Crippen LogP contribution in [0.4, 0.5) is 27.6 Å². The van der Waals surface area contributed by atoms with Crippen LogP contribution in [0.25, 0.3) is 22.2 Å². The maximum atomic E-state index is 15.4. The molecule has 0 saturated carbocycles. The second-order valence-corrected chi connectivity index (χ2v) is 11.9. The Labute approximate surface area is 259 Å². The Bertz CT molecular complexity index is 1840. The minimum Gasteiger partial charge on any atom is -0.475 e. The molecule has 3 aromatic heterocycles. The zero-order chi connectivity index (χ0) is 33.8. The van der Waals surface area contributed by atoms with E-state index in [4.69, 9.17) is 9.90 Å². The van der Waals surface area contributed by atoms with Gasteiger partial charge in [0.05, 0.1) is 11.3 Å². The lowest BCUT2D eigenvalue weighted by atomic mass is 9.97. The number of nitrogens with zero attached hydrogens (tertiary/aromatic N) is 4. The Hall–Kier alpha value is -4.55. The van der Waals surface area contributed by atoms with Crippen LogP contribution in [0.2, 0.25) is 0 Å². The second-order valence-electron chi connectivity index (χ2n) is 10.1. The molecule has 1 aromatic carbocycles. The fourth-order valence-electron chi connectivity index (χ4n) is 4.49. The summed E-state index contributed by atoms with van der Waals surface area (Å²) < 4.78 is 89.6. The van der Waals surface area contributed by atoms with Gasteiger partial charge in [0.2, 0.25) is 5.78 Å². The normalized spacial score (nSPS) is 14.2. The summed E-state index contributed by atoms with van der Waals surface area (Å²) in [6, 6.07) is 3.46. The third kappa shape index (κ3) is 7.63. The fraction of sp³-hybridized carbons (Fsp3) is 0.321. The Morgan fingerprint density at radius 1 is 1.07 bits per heavy atom. The van der Waals surface area contributed by atoms with Crippen LogP contribution in [0, 0.1) is 11.6 Å². The molecular weight excluding hydrogens is 641 g/mol. The van der Waals surface area contributed by atoms with Crippen LogP contribution in [0.5, 0.6) is 0 Å². The molecular formula is C28H28F5N7O5S. The highest BCUT2D eigenvalue weighted by atomic mass is 32.2. The Balaban J connectivity index is 0.000000617. The third-order valence-electron chi connectivity index (χ3n) is 7.14. The van der Waals surface area contributed by atoms with E-state index in [1.54, 1.807) is 31.6 Å². The molecule has 0 unspecified atom stereocenters. The fourth-order valence-corrected chi connectivity index (χ4v) is 5.42. The Morgan fingerprint density at radius 2 is 1.67 bits per heavy atom. The van der Waals surface area contributed by atoms with E-state index in [1.165, 1.54) is 13.2 Å². The zero-order valence-corrected chi connectivity index (χ0v) is 25.1. The van der Waals surface area contributed by atoms with Crippen LogP contribution >= 0.6 is 0 Å². The van der Waals surface area contributed by atoms with Gasteiger partial charge in [-0.15, -0.1) is 0 Å². The number of benzene rings is 1. The van der Waals surface area contributed by atoms with E-state index < -0.39 is 51.0 Å². The molecule has 1 saturated heterocycles. The number of hydrogen-bond donors (Lipinski definition) is 4. The van der Waals surface area contributed by atoms with Crippen molar-refractivity contribution in [1.29, 1.82) is 0 Å². The van der Waals surface area contributed by atoms with Crippen LogP contribution < -0.4 is 10.0 Å². The molecule has 0 atom stereocenters. The highest BCUT2D eigenvalue weighted by Crippen LogP contribution is 2.30. The highest BCUT2D eigenvalue weighted by Gasteiger charge is 2.38. The summed E-state index contributed by atoms with van der Waals surface area (Å²) in [6.07, 6.45) is 3.16. The summed E-state index contributed by atoms with van der Waals surface area (Å²) >= 11 is 0. The number of carbonyl (C=O) groups is 2. The van der Waals surface area contributed by atoms with E-state index in [-0.39, 0.29) is 12.1 Å². The number of H-pyrrole nitrogens is 1. The van der Waals surface area contributed by atoms with Crippen LogP contribution in [0.15, 0.2) is 43.0 Å². The maximum absolute atomic E-state index is 15.4. The largest absolute Gasteiger partial charge is 0.490 e. The van der Waals surface area contributed by atoms with Crippen LogP contribution in [-0.2, 0) is 15.0 Å². The van der Waals surface area contributed by atoms with Crippen LogP contribution in [-0.4, -0.2) is 82.4 Å². The van der Waals surface area contributed by atoms with E-state index in [0.717, 1.165) is 48.2 Å². The molecule has 0 spiro atoms. The van der Waals surface area contributed by atoms with Gasteiger partial charge in [0, 0.05) is 66.4 Å². The van der Waals surface area contributed by atoms with E-state index >= 15 is 4.39 Å². The van der Waals surface area contributed by atoms with Crippen molar-refractivity contribution in [3.05, 3.63) is 71.6 Å². The number of anilines is 1. The van der Waals surface area contributed by atoms with Crippen molar-refractivity contribution in [1.82, 2.24) is 29.6 Å². The number of aliphatic carboxylic acids is 1. The number of carboxylic acid groups (broad SMARTS) is 1. The number of hydrogen-bond acceptors (Lipinski definition) is 8. The van der Waals surface area contributed by atoms with E-state index in [1.807, 2.05) is 0 Å². The van der Waals surface area contributed by atoms with Gasteiger partial charge in [-0.1, -0.05) is 6.92 Å². The molecule has 18 heteroatoms. The van der Waals surface area contributed by atoms with Crippen molar-refractivity contribution in [2.24, 2.45) is 0 Å². The monoisotopic (exact) mass is 669 g/mol. The maximum Gasteiger partial charge on any atom is 0.490 e. The Morgan fingerprint density at radius 3 is 2.26 bits per heavy atom. The summed E-state index contributed by atoms with van der Waals surface area (Å²) in [5.74, 6) is -5.08. The molecule has 4 N–H and O–H groups in total. The SMILES string of the molecule is CCN(C)S(=O)(=O)Nc1ccc(F)c(C(=O)c2c[nH]c3ncc(-c4cnc(C5CCNCC5)nc4)cc23)c1F.O=C(O)C(F)(F)F. The average Bonchev–Trinajstić information content (AvgIpc) is 3.46. The molecule has 12 nitrogen and oxygen atoms in total. The number of nitrogens with one attached hydrogen (secondary N) is 3. The van der Waals surface area contributed by atoms with Gasteiger partial charge in [0.1, 0.15) is 17.3 Å². The first kappa shape index (κ1) is 34.3. The number of ketones is 1. The number of fused-ring (bicyclic) bond motifs is 1. The molecule has 4 heterocycles. The van der Waals surface area contributed by atoms with E-state index in [0.29, 0.717) is 28.1 Å². The van der Waals surface area contributed by atoms with E-state index in [2.05, 4.69) is 30.0 Å². The molecule has 0 bridgehead atoms. The average molecular weight is 670 g/mol. The van der Waals surface area contributed by atoms with Crippen LogP contribution in [0.3, 0.4) is 0 Å². The molecule has 46 heavy (non-hydrogen) atoms. The van der Waals surface area contributed by atoms with Gasteiger partial charge >= 0.3 is 22.4 Å². The summed E-state index contributed by atoms with van der Waals surface area (Å²) in [4.78, 5) is 38.6. The molecule has 246 valence electrons. The minimum absolute atomic E-state index is 0.0184. The number of piperidine rings is 1. The molecule has 1 fully saturated rings. The van der Waals surface area contributed by atoms with Gasteiger partial charge in [-0.2, -0.15) is 25.9 Å². The predicted octanol–water partition coefficient (Wildman–Crippen LogP) is 4.24. The third-order valence-corrected chi connectivity index (χ3v) is 8.70. The van der Waals surface area contributed by atoms with Crippen molar-refractivity contribution in [2.45, 2.75) is 31.9 Å². The lowest BCUT2D eigenvalue weighted by Gasteiger charge is -2.21. The number of pyridine rings is 1. The first-order valence-corrected chi connectivity index (χ1v) is 15.1. The van der Waals surface area contributed by atoms with Crippen LogP contribution in [0.1, 0.15) is 47.4 Å². The summed E-state index contributed by atoms with van der Waals surface area (Å²) in [6.45, 7) is 3.57. The second kappa shape index (κ2) is 13.8. The molecule has 0 aliphatic carbocycles. The van der Waals surface area contributed by atoms with Crippen molar-refractivity contribution in [3.8, 4) is 11.1 Å². The first-order valence-electron chi connectivity index (χ1n) is 13.7. The number of carboxylic acids is 1. The highest BCUT2D eigenvalue weighted by molar-refractivity contribution is 7.90. The van der Waals surface area contributed by atoms with Crippen molar-refractivity contribution < 1.29 is 45.1 Å². The molecule has 4 aromatic rings. The van der Waals surface area contributed by atoms with E-state index in [9.17, 15) is 30.8 Å².